The minimum absolute atomic E-state index is 0.190. The molecular formula is C13H14FN3O2S. The number of nitrogens with one attached hydrogen (secondary N) is 1. The van der Waals surface area contributed by atoms with Gasteiger partial charge in [-0.25, -0.2) is 9.07 Å². The predicted molar refractivity (Wildman–Crippen MR) is 74.8 cm³/mol. The molecule has 0 spiro atoms. The van der Waals surface area contributed by atoms with E-state index in [-0.39, 0.29) is 17.3 Å². The summed E-state index contributed by atoms with van der Waals surface area (Å²) in [4.78, 5) is 11.8. The number of hydrogen-bond acceptors (Lipinski definition) is 3. The molecule has 0 saturated heterocycles. The van der Waals surface area contributed by atoms with E-state index in [0.29, 0.717) is 12.3 Å². The Kier molecular flexibility index (Phi) is 4.62. The lowest BCUT2D eigenvalue weighted by Gasteiger charge is -2.03. The van der Waals surface area contributed by atoms with Gasteiger partial charge in [-0.05, 0) is 18.2 Å². The van der Waals surface area contributed by atoms with Crippen LogP contribution in [0.25, 0.3) is 5.69 Å². The number of nitrogens with zero attached hydrogens (tertiary/aromatic N) is 2. The molecular weight excluding hydrogens is 281 g/mol. The Labute approximate surface area is 118 Å². The molecule has 1 atom stereocenters. The van der Waals surface area contributed by atoms with E-state index in [9.17, 15) is 13.4 Å². The Morgan fingerprint density at radius 3 is 2.85 bits per heavy atom. The van der Waals surface area contributed by atoms with Crippen LogP contribution < -0.4 is 5.32 Å². The zero-order valence-electron chi connectivity index (χ0n) is 10.9. The standard InChI is InChI=1S/C13H14FN3O2S/c1-20(19)9-7-15-13(18)11-6-8-17(16-11)12-5-3-2-4-10(12)14/h2-6,8H,7,9H2,1H3,(H,15,18). The van der Waals surface area contributed by atoms with E-state index in [4.69, 9.17) is 0 Å². The third-order valence-electron chi connectivity index (χ3n) is 2.60. The molecule has 2 aromatic rings. The molecule has 0 aliphatic rings. The van der Waals surface area contributed by atoms with E-state index in [1.165, 1.54) is 23.0 Å². The monoisotopic (exact) mass is 295 g/mol. The molecule has 5 nitrogen and oxygen atoms in total. The summed E-state index contributed by atoms with van der Waals surface area (Å²) >= 11 is 0. The van der Waals surface area contributed by atoms with Crippen LogP contribution in [0.15, 0.2) is 36.5 Å². The molecule has 0 saturated carbocycles. The van der Waals surface area contributed by atoms with Gasteiger partial charge in [0.05, 0.1) is 0 Å². The van der Waals surface area contributed by atoms with Gasteiger partial charge in [-0.3, -0.25) is 9.00 Å². The van der Waals surface area contributed by atoms with Crippen molar-refractivity contribution in [3.05, 3.63) is 48.0 Å². The first-order valence-corrected chi connectivity index (χ1v) is 7.69. The minimum atomic E-state index is -0.956. The zero-order chi connectivity index (χ0) is 14.5. The largest absolute Gasteiger partial charge is 0.350 e. The molecule has 1 unspecified atom stereocenters. The van der Waals surface area contributed by atoms with Crippen LogP contribution in [0.1, 0.15) is 10.5 Å². The van der Waals surface area contributed by atoms with Crippen molar-refractivity contribution in [1.82, 2.24) is 15.1 Å². The summed E-state index contributed by atoms with van der Waals surface area (Å²) in [5.41, 5.74) is 0.469. The summed E-state index contributed by atoms with van der Waals surface area (Å²) in [6.07, 6.45) is 3.09. The smallest absolute Gasteiger partial charge is 0.271 e. The number of carbonyl (C=O) groups excluding carboxylic acids is 1. The molecule has 0 fully saturated rings. The first kappa shape index (κ1) is 14.4. The van der Waals surface area contributed by atoms with Crippen molar-refractivity contribution in [2.45, 2.75) is 0 Å². The van der Waals surface area contributed by atoms with Crippen molar-refractivity contribution in [2.75, 3.05) is 18.6 Å². The van der Waals surface area contributed by atoms with Gasteiger partial charge in [0.25, 0.3) is 5.91 Å². The fraction of sp³-hybridized carbons (Fsp3) is 0.231. The summed E-state index contributed by atoms with van der Waals surface area (Å²) in [5.74, 6) is -0.394. The quantitative estimate of drug-likeness (QED) is 0.899. The van der Waals surface area contributed by atoms with Gasteiger partial charge in [-0.2, -0.15) is 5.10 Å². The topological polar surface area (TPSA) is 64.0 Å². The highest BCUT2D eigenvalue weighted by atomic mass is 32.2. The molecule has 1 aromatic heterocycles. The third-order valence-corrected chi connectivity index (χ3v) is 3.38. The van der Waals surface area contributed by atoms with Gasteiger partial charge in [0.15, 0.2) is 5.69 Å². The van der Waals surface area contributed by atoms with Gasteiger partial charge in [-0.15, -0.1) is 0 Å². The molecule has 7 heteroatoms. The predicted octanol–water partition coefficient (Wildman–Crippen LogP) is 1.12. The Hall–Kier alpha value is -2.02. The second-order valence-corrected chi connectivity index (χ2v) is 5.68. The lowest BCUT2D eigenvalue weighted by Crippen LogP contribution is -2.28. The fourth-order valence-electron chi connectivity index (χ4n) is 1.62. The Morgan fingerprint density at radius 1 is 1.40 bits per heavy atom. The molecule has 1 aromatic carbocycles. The second-order valence-electron chi connectivity index (χ2n) is 4.13. The molecule has 20 heavy (non-hydrogen) atoms. The van der Waals surface area contributed by atoms with Gasteiger partial charge in [-0.1, -0.05) is 12.1 Å². The maximum Gasteiger partial charge on any atom is 0.271 e. The number of hydrogen-bond donors (Lipinski definition) is 1. The van der Waals surface area contributed by atoms with Gasteiger partial charge in [0.2, 0.25) is 0 Å². The number of aromatic nitrogens is 2. The van der Waals surface area contributed by atoms with Crippen molar-refractivity contribution < 1.29 is 13.4 Å². The number of para-hydroxylation sites is 1. The molecule has 0 radical (unpaired) electrons. The van der Waals surface area contributed by atoms with Crippen LogP contribution in [0.5, 0.6) is 0 Å². The summed E-state index contributed by atoms with van der Waals surface area (Å²) in [7, 11) is -0.956. The Morgan fingerprint density at radius 2 is 2.15 bits per heavy atom. The van der Waals surface area contributed by atoms with E-state index < -0.39 is 16.6 Å². The minimum Gasteiger partial charge on any atom is -0.350 e. The van der Waals surface area contributed by atoms with Crippen LogP contribution in [0, 0.1) is 5.82 Å². The number of benzene rings is 1. The van der Waals surface area contributed by atoms with Crippen molar-refractivity contribution >= 4 is 16.7 Å². The number of rotatable bonds is 5. The Balaban J connectivity index is 2.07. The molecule has 106 valence electrons. The lowest BCUT2D eigenvalue weighted by atomic mass is 10.3. The normalized spacial score (nSPS) is 12.1. The summed E-state index contributed by atoms with van der Waals surface area (Å²) in [6, 6.07) is 7.68. The second kappa shape index (κ2) is 6.42. The van der Waals surface area contributed by atoms with Crippen molar-refractivity contribution in [1.29, 1.82) is 0 Å². The molecule has 2 rings (SSSR count). The van der Waals surface area contributed by atoms with E-state index in [2.05, 4.69) is 10.4 Å². The molecule has 0 bridgehead atoms. The molecule has 0 aliphatic carbocycles. The highest BCUT2D eigenvalue weighted by Gasteiger charge is 2.11. The summed E-state index contributed by atoms with van der Waals surface area (Å²) < 4.78 is 25.8. The van der Waals surface area contributed by atoms with Crippen LogP contribution in [-0.2, 0) is 10.8 Å². The first-order valence-electron chi connectivity index (χ1n) is 5.97. The van der Waals surface area contributed by atoms with Crippen LogP contribution in [0.4, 0.5) is 4.39 Å². The maximum absolute atomic E-state index is 13.6. The van der Waals surface area contributed by atoms with E-state index in [1.54, 1.807) is 24.5 Å². The van der Waals surface area contributed by atoms with Crippen LogP contribution in [-0.4, -0.2) is 38.4 Å². The highest BCUT2D eigenvalue weighted by Crippen LogP contribution is 2.11. The van der Waals surface area contributed by atoms with Gasteiger partial charge >= 0.3 is 0 Å². The fourth-order valence-corrected chi connectivity index (χ4v) is 2.01. The Bertz CT molecular complexity index is 642. The number of carbonyl (C=O) groups is 1. The number of halogens is 1. The third kappa shape index (κ3) is 3.51. The average molecular weight is 295 g/mol. The van der Waals surface area contributed by atoms with Crippen LogP contribution in [0.3, 0.4) is 0 Å². The van der Waals surface area contributed by atoms with Crippen molar-refractivity contribution in [2.24, 2.45) is 0 Å². The van der Waals surface area contributed by atoms with Crippen molar-refractivity contribution in [3.63, 3.8) is 0 Å². The summed E-state index contributed by atoms with van der Waals surface area (Å²) in [5, 5.41) is 6.64. The lowest BCUT2D eigenvalue weighted by molar-refractivity contribution is 0.0950. The van der Waals surface area contributed by atoms with Gasteiger partial charge in [0, 0.05) is 35.5 Å². The van der Waals surface area contributed by atoms with Crippen LogP contribution in [0.2, 0.25) is 0 Å². The van der Waals surface area contributed by atoms with E-state index >= 15 is 0 Å². The average Bonchev–Trinajstić information content (AvgIpc) is 2.88. The molecule has 0 aliphatic heterocycles. The number of amides is 1. The van der Waals surface area contributed by atoms with E-state index in [0.717, 1.165) is 0 Å². The SMILES string of the molecule is CS(=O)CCNC(=O)c1ccn(-c2ccccc2F)n1. The van der Waals surface area contributed by atoms with Gasteiger partial charge in [0.1, 0.15) is 11.5 Å². The van der Waals surface area contributed by atoms with Gasteiger partial charge < -0.3 is 5.32 Å². The van der Waals surface area contributed by atoms with E-state index in [1.807, 2.05) is 0 Å². The summed E-state index contributed by atoms with van der Waals surface area (Å²) in [6.45, 7) is 0.314. The van der Waals surface area contributed by atoms with Crippen molar-refractivity contribution in [3.8, 4) is 5.69 Å². The molecule has 1 amide bonds. The highest BCUT2D eigenvalue weighted by molar-refractivity contribution is 7.84. The molecule has 1 N–H and O–H groups in total. The maximum atomic E-state index is 13.6. The van der Waals surface area contributed by atoms with Crippen LogP contribution >= 0.6 is 0 Å². The zero-order valence-corrected chi connectivity index (χ0v) is 11.7. The molecule has 1 heterocycles. The first-order chi connectivity index (χ1) is 9.58.